The maximum Gasteiger partial charge on any atom is 0.119 e. The van der Waals surface area contributed by atoms with Crippen LogP contribution in [0.4, 0.5) is 0 Å². The third-order valence-corrected chi connectivity index (χ3v) is 3.89. The van der Waals surface area contributed by atoms with Crippen molar-refractivity contribution in [2.24, 2.45) is 0 Å². The van der Waals surface area contributed by atoms with Crippen molar-refractivity contribution in [3.8, 4) is 11.8 Å². The van der Waals surface area contributed by atoms with Crippen LogP contribution in [0.25, 0.3) is 0 Å². The summed E-state index contributed by atoms with van der Waals surface area (Å²) in [6.07, 6.45) is 2.22. The predicted molar refractivity (Wildman–Crippen MR) is 83.9 cm³/mol. The Bertz CT molecular complexity index is 578. The van der Waals surface area contributed by atoms with Gasteiger partial charge in [-0.05, 0) is 45.8 Å². The summed E-state index contributed by atoms with van der Waals surface area (Å²) in [6.45, 7) is 0.625. The minimum atomic E-state index is 0.436. The number of nitrogens with zero attached hydrogens (tertiary/aromatic N) is 2. The zero-order chi connectivity index (χ0) is 14.2. The molecule has 0 fully saturated rings. The minimum Gasteiger partial charge on any atom is -0.493 e. The smallest absolute Gasteiger partial charge is 0.119 e. The largest absolute Gasteiger partial charge is 0.493 e. The molecule has 1 heterocycles. The van der Waals surface area contributed by atoms with E-state index in [2.05, 4.69) is 27.0 Å². The van der Waals surface area contributed by atoms with Crippen LogP contribution in [0.5, 0.6) is 5.75 Å². The number of thioether (sulfide) groups is 1. The Hall–Kier alpha value is -1.51. The van der Waals surface area contributed by atoms with E-state index in [0.717, 1.165) is 26.6 Å². The first-order valence-electron chi connectivity index (χ1n) is 6.11. The fourth-order valence-electron chi connectivity index (χ4n) is 1.55. The van der Waals surface area contributed by atoms with Crippen LogP contribution in [-0.4, -0.2) is 17.3 Å². The molecule has 0 saturated heterocycles. The summed E-state index contributed by atoms with van der Waals surface area (Å²) in [7, 11) is 0. The monoisotopic (exact) mass is 348 g/mol. The van der Waals surface area contributed by atoms with Crippen LogP contribution in [0.15, 0.2) is 52.1 Å². The van der Waals surface area contributed by atoms with Gasteiger partial charge in [-0.15, -0.1) is 11.8 Å². The van der Waals surface area contributed by atoms with Crippen LogP contribution in [0.1, 0.15) is 5.56 Å². The van der Waals surface area contributed by atoms with Crippen molar-refractivity contribution < 1.29 is 4.74 Å². The van der Waals surface area contributed by atoms with E-state index in [1.807, 2.05) is 36.4 Å². The molecule has 2 rings (SSSR count). The molecule has 20 heavy (non-hydrogen) atoms. The molecular weight excluding hydrogens is 336 g/mol. The summed E-state index contributed by atoms with van der Waals surface area (Å²) >= 11 is 5.02. The maximum atomic E-state index is 8.59. The van der Waals surface area contributed by atoms with Gasteiger partial charge in [0.2, 0.25) is 0 Å². The van der Waals surface area contributed by atoms with Gasteiger partial charge in [0.05, 0.1) is 24.1 Å². The van der Waals surface area contributed by atoms with Crippen LogP contribution in [-0.2, 0) is 6.42 Å². The van der Waals surface area contributed by atoms with Gasteiger partial charge in [-0.2, -0.15) is 5.26 Å². The van der Waals surface area contributed by atoms with Gasteiger partial charge in [-0.3, -0.25) is 0 Å². The van der Waals surface area contributed by atoms with Crippen molar-refractivity contribution in [1.29, 1.82) is 5.26 Å². The molecule has 0 N–H and O–H groups in total. The number of halogens is 1. The van der Waals surface area contributed by atoms with Gasteiger partial charge in [0.1, 0.15) is 5.75 Å². The van der Waals surface area contributed by atoms with Crippen LogP contribution in [0.2, 0.25) is 0 Å². The fraction of sp³-hybridized carbons (Fsp3) is 0.200. The molecule has 0 bridgehead atoms. The summed E-state index contributed by atoms with van der Waals surface area (Å²) < 4.78 is 6.63. The van der Waals surface area contributed by atoms with Gasteiger partial charge in [0.25, 0.3) is 0 Å². The van der Waals surface area contributed by atoms with Gasteiger partial charge >= 0.3 is 0 Å². The average Bonchev–Trinajstić information content (AvgIpc) is 2.47. The van der Waals surface area contributed by atoms with E-state index in [4.69, 9.17) is 10.00 Å². The van der Waals surface area contributed by atoms with Gasteiger partial charge in [0.15, 0.2) is 0 Å². The number of ether oxygens (including phenoxy) is 1. The van der Waals surface area contributed by atoms with Crippen LogP contribution < -0.4 is 4.74 Å². The number of pyridine rings is 1. The minimum absolute atomic E-state index is 0.436. The van der Waals surface area contributed by atoms with E-state index >= 15 is 0 Å². The SMILES string of the molecule is N#CCc1ccc(OCCSc2ccc(Br)cn2)cc1. The highest BCUT2D eigenvalue weighted by atomic mass is 79.9. The van der Waals surface area contributed by atoms with Gasteiger partial charge in [0, 0.05) is 16.4 Å². The molecule has 3 nitrogen and oxygen atoms in total. The first-order valence-corrected chi connectivity index (χ1v) is 7.89. The number of nitriles is 1. The summed E-state index contributed by atoms with van der Waals surface area (Å²) in [5.41, 5.74) is 1.01. The zero-order valence-corrected chi connectivity index (χ0v) is 13.2. The molecule has 0 spiro atoms. The molecule has 2 aromatic rings. The fourth-order valence-corrected chi connectivity index (χ4v) is 2.45. The molecule has 0 aliphatic heterocycles. The summed E-state index contributed by atoms with van der Waals surface area (Å²) in [5.74, 6) is 1.67. The average molecular weight is 349 g/mol. The van der Waals surface area contributed by atoms with Crippen LogP contribution >= 0.6 is 27.7 Å². The molecule has 1 aromatic carbocycles. The highest BCUT2D eigenvalue weighted by molar-refractivity contribution is 9.10. The lowest BCUT2D eigenvalue weighted by molar-refractivity contribution is 0.344. The Balaban J connectivity index is 1.73. The predicted octanol–water partition coefficient (Wildman–Crippen LogP) is 4.08. The molecule has 0 saturated carbocycles. The first kappa shape index (κ1) is 14.9. The molecule has 5 heteroatoms. The first-order chi connectivity index (χ1) is 9.78. The molecule has 1 aromatic heterocycles. The molecule has 0 aliphatic carbocycles. The number of benzene rings is 1. The quantitative estimate of drug-likeness (QED) is 0.582. The van der Waals surface area contributed by atoms with Crippen LogP contribution in [0.3, 0.4) is 0 Å². The third kappa shape index (κ3) is 4.87. The second kappa shape index (κ2) is 7.93. The lowest BCUT2D eigenvalue weighted by Crippen LogP contribution is -2.00. The van der Waals surface area contributed by atoms with Crippen molar-refractivity contribution in [2.75, 3.05) is 12.4 Å². The standard InChI is InChI=1S/C15H13BrN2OS/c16-13-3-6-15(18-11-13)20-10-9-19-14-4-1-12(2-5-14)7-8-17/h1-6,11H,7,9-10H2. The van der Waals surface area contributed by atoms with E-state index in [0.29, 0.717) is 13.0 Å². The molecule has 102 valence electrons. The Labute approximate surface area is 131 Å². The molecule has 0 amide bonds. The number of aromatic nitrogens is 1. The van der Waals surface area contributed by atoms with Gasteiger partial charge < -0.3 is 4.74 Å². The highest BCUT2D eigenvalue weighted by Gasteiger charge is 1.98. The summed E-state index contributed by atoms with van der Waals surface area (Å²) in [4.78, 5) is 4.28. The van der Waals surface area contributed by atoms with Crippen molar-refractivity contribution >= 4 is 27.7 Å². The van der Waals surface area contributed by atoms with Gasteiger partial charge in [-0.1, -0.05) is 12.1 Å². The Morgan fingerprint density at radius 2 is 2.00 bits per heavy atom. The topological polar surface area (TPSA) is 45.9 Å². The second-order valence-corrected chi connectivity index (χ2v) is 6.02. The van der Waals surface area contributed by atoms with Crippen molar-refractivity contribution in [3.63, 3.8) is 0 Å². The summed E-state index contributed by atoms with van der Waals surface area (Å²) in [5, 5.41) is 9.58. The zero-order valence-electron chi connectivity index (χ0n) is 10.8. The Morgan fingerprint density at radius 3 is 2.65 bits per heavy atom. The maximum absolute atomic E-state index is 8.59. The van der Waals surface area contributed by atoms with E-state index in [1.165, 1.54) is 0 Å². The lowest BCUT2D eigenvalue weighted by Gasteiger charge is -2.06. The molecule has 0 atom stereocenters. The Morgan fingerprint density at radius 1 is 1.20 bits per heavy atom. The van der Waals surface area contributed by atoms with Crippen molar-refractivity contribution in [3.05, 3.63) is 52.6 Å². The summed E-state index contributed by atoms with van der Waals surface area (Å²) in [6, 6.07) is 13.7. The third-order valence-electron chi connectivity index (χ3n) is 2.51. The van der Waals surface area contributed by atoms with E-state index in [1.54, 1.807) is 18.0 Å². The molecular formula is C15H13BrN2OS. The van der Waals surface area contributed by atoms with Gasteiger partial charge in [-0.25, -0.2) is 4.98 Å². The Kier molecular flexibility index (Phi) is 5.90. The lowest BCUT2D eigenvalue weighted by atomic mass is 10.2. The van der Waals surface area contributed by atoms with E-state index < -0.39 is 0 Å². The molecule has 0 aliphatic rings. The molecule has 0 radical (unpaired) electrons. The normalized spacial score (nSPS) is 10.0. The highest BCUT2D eigenvalue weighted by Crippen LogP contribution is 2.18. The van der Waals surface area contributed by atoms with E-state index in [9.17, 15) is 0 Å². The number of rotatable bonds is 6. The van der Waals surface area contributed by atoms with Crippen molar-refractivity contribution in [2.45, 2.75) is 11.4 Å². The van der Waals surface area contributed by atoms with E-state index in [-0.39, 0.29) is 0 Å². The molecule has 0 unspecified atom stereocenters. The van der Waals surface area contributed by atoms with Crippen molar-refractivity contribution in [1.82, 2.24) is 4.98 Å². The number of hydrogen-bond donors (Lipinski definition) is 0. The number of hydrogen-bond acceptors (Lipinski definition) is 4. The second-order valence-electron chi connectivity index (χ2n) is 3.99. The van der Waals surface area contributed by atoms with Crippen LogP contribution in [0, 0.1) is 11.3 Å².